The molecule has 0 saturated carbocycles. The van der Waals surface area contributed by atoms with Crippen molar-refractivity contribution < 1.29 is 4.79 Å². The molecule has 0 amide bonds. The maximum atomic E-state index is 13.7. The Morgan fingerprint density at radius 1 is 0.750 bits per heavy atom. The van der Waals surface area contributed by atoms with Gasteiger partial charge in [0, 0.05) is 31.1 Å². The second-order valence-corrected chi connectivity index (χ2v) is 8.37. The van der Waals surface area contributed by atoms with Crippen LogP contribution in [0.5, 0.6) is 0 Å². The van der Waals surface area contributed by atoms with Crippen LogP contribution < -0.4 is 11.2 Å². The minimum atomic E-state index is -0.615. The van der Waals surface area contributed by atoms with Crippen LogP contribution in [0, 0.1) is 5.92 Å². The van der Waals surface area contributed by atoms with E-state index in [2.05, 4.69) is 0 Å². The van der Waals surface area contributed by atoms with E-state index in [4.69, 9.17) is 4.99 Å². The summed E-state index contributed by atoms with van der Waals surface area (Å²) in [6.07, 6.45) is 0. The molecule has 1 aliphatic heterocycles. The molecule has 156 valence electrons. The molecule has 0 radical (unpaired) electrons. The van der Waals surface area contributed by atoms with Gasteiger partial charge in [0.05, 0.1) is 17.2 Å². The van der Waals surface area contributed by atoms with Crippen molar-refractivity contribution in [3.05, 3.63) is 110 Å². The summed E-state index contributed by atoms with van der Waals surface area (Å²) >= 11 is 0. The number of carbonyl (C=O) groups is 1. The summed E-state index contributed by atoms with van der Waals surface area (Å²) in [6, 6.07) is 21.3. The standard InChI is InChI=1S/C26H19N3O3/c1-28-24-21(25(31)29(2)26(28)32)19(16-13-7-9-14-8-3-4-10-15(14)16)20-22(27-24)17-11-5-6-12-18(17)23(20)30/h3-13,19-20H,1-2H3/t19-,20+/m1/s1. The highest BCUT2D eigenvalue weighted by Crippen LogP contribution is 2.47. The van der Waals surface area contributed by atoms with E-state index in [0.717, 1.165) is 26.5 Å². The fraction of sp³-hybridized carbons (Fsp3) is 0.154. The number of aliphatic imine (C=N–C) groups is 1. The van der Waals surface area contributed by atoms with Crippen LogP contribution >= 0.6 is 0 Å². The normalized spacial score (nSPS) is 18.8. The first-order valence-corrected chi connectivity index (χ1v) is 10.5. The summed E-state index contributed by atoms with van der Waals surface area (Å²) in [6.45, 7) is 0. The van der Waals surface area contributed by atoms with Crippen molar-refractivity contribution in [1.82, 2.24) is 9.13 Å². The highest BCUT2D eigenvalue weighted by atomic mass is 16.2. The molecule has 0 saturated heterocycles. The number of nitrogens with zero attached hydrogens (tertiary/aromatic N) is 3. The number of aromatic nitrogens is 2. The number of hydrogen-bond donors (Lipinski definition) is 0. The lowest BCUT2D eigenvalue weighted by Gasteiger charge is -2.30. The zero-order valence-electron chi connectivity index (χ0n) is 17.6. The van der Waals surface area contributed by atoms with Gasteiger partial charge in [0.2, 0.25) is 0 Å². The zero-order valence-corrected chi connectivity index (χ0v) is 17.6. The highest BCUT2D eigenvalue weighted by molar-refractivity contribution is 6.30. The third kappa shape index (κ3) is 2.29. The Balaban J connectivity index is 1.78. The van der Waals surface area contributed by atoms with Gasteiger partial charge in [-0.3, -0.25) is 18.7 Å². The first-order valence-electron chi connectivity index (χ1n) is 10.5. The maximum Gasteiger partial charge on any atom is 0.332 e. The van der Waals surface area contributed by atoms with Crippen molar-refractivity contribution in [1.29, 1.82) is 0 Å². The van der Waals surface area contributed by atoms with Crippen LogP contribution in [-0.4, -0.2) is 20.6 Å². The van der Waals surface area contributed by atoms with Gasteiger partial charge >= 0.3 is 5.69 Å². The van der Waals surface area contributed by atoms with Gasteiger partial charge in [-0.1, -0.05) is 66.7 Å². The van der Waals surface area contributed by atoms with Gasteiger partial charge < -0.3 is 0 Å². The molecule has 2 aliphatic rings. The summed E-state index contributed by atoms with van der Waals surface area (Å²) in [5, 5.41) is 2.01. The van der Waals surface area contributed by atoms with Gasteiger partial charge in [0.15, 0.2) is 5.78 Å². The number of rotatable bonds is 1. The molecule has 6 heteroatoms. The van der Waals surface area contributed by atoms with E-state index < -0.39 is 23.1 Å². The molecule has 0 fully saturated rings. The number of hydrogen-bond acceptors (Lipinski definition) is 4. The van der Waals surface area contributed by atoms with E-state index in [0.29, 0.717) is 22.7 Å². The monoisotopic (exact) mass is 421 g/mol. The quantitative estimate of drug-likeness (QED) is 0.473. The van der Waals surface area contributed by atoms with Gasteiger partial charge in [-0.15, -0.1) is 0 Å². The van der Waals surface area contributed by atoms with Crippen LogP contribution in [0.15, 0.2) is 81.3 Å². The van der Waals surface area contributed by atoms with E-state index in [-0.39, 0.29) is 5.78 Å². The fourth-order valence-corrected chi connectivity index (χ4v) is 5.22. The Morgan fingerprint density at radius 2 is 1.44 bits per heavy atom. The second kappa shape index (κ2) is 6.47. The van der Waals surface area contributed by atoms with E-state index in [9.17, 15) is 14.4 Å². The Bertz CT molecular complexity index is 1620. The molecule has 32 heavy (non-hydrogen) atoms. The zero-order chi connectivity index (χ0) is 22.1. The topological polar surface area (TPSA) is 73.4 Å². The first kappa shape index (κ1) is 18.7. The number of ketones is 1. The van der Waals surface area contributed by atoms with Crippen molar-refractivity contribution >= 4 is 28.1 Å². The molecule has 0 spiro atoms. The predicted molar refractivity (Wildman–Crippen MR) is 123 cm³/mol. The Hall–Kier alpha value is -4.06. The van der Waals surface area contributed by atoms with Gasteiger partial charge in [-0.2, -0.15) is 0 Å². The van der Waals surface area contributed by atoms with Crippen molar-refractivity contribution in [2.45, 2.75) is 5.92 Å². The van der Waals surface area contributed by atoms with Crippen LogP contribution in [-0.2, 0) is 14.1 Å². The lowest BCUT2D eigenvalue weighted by Crippen LogP contribution is -2.43. The molecular weight excluding hydrogens is 402 g/mol. The SMILES string of the molecule is Cn1c2c(c(=O)n(C)c1=O)[C@H](c1cccc3ccccc13)[C@@H]1C(=O)c3ccccc3C1=N2. The van der Waals surface area contributed by atoms with Crippen molar-refractivity contribution in [3.63, 3.8) is 0 Å². The molecular formula is C26H19N3O3. The lowest BCUT2D eigenvalue weighted by molar-refractivity contribution is 0.0953. The molecule has 1 aliphatic carbocycles. The summed E-state index contributed by atoms with van der Waals surface area (Å²) in [5.74, 6) is -0.879. The summed E-state index contributed by atoms with van der Waals surface area (Å²) in [5.41, 5.74) is 2.43. The molecule has 0 N–H and O–H groups in total. The smallest absolute Gasteiger partial charge is 0.293 e. The number of Topliss-reactive ketones (excluding diaryl/α,β-unsaturated/α-hetero) is 1. The molecule has 2 heterocycles. The van der Waals surface area contributed by atoms with E-state index in [1.54, 1.807) is 13.1 Å². The Labute approximate surface area is 183 Å². The van der Waals surface area contributed by atoms with Crippen molar-refractivity contribution in [3.8, 4) is 0 Å². The van der Waals surface area contributed by atoms with Crippen molar-refractivity contribution in [2.24, 2.45) is 25.0 Å². The third-order valence-electron chi connectivity index (χ3n) is 6.74. The minimum absolute atomic E-state index is 0.0427. The minimum Gasteiger partial charge on any atom is -0.293 e. The van der Waals surface area contributed by atoms with Crippen LogP contribution in [0.2, 0.25) is 0 Å². The second-order valence-electron chi connectivity index (χ2n) is 8.37. The van der Waals surface area contributed by atoms with Crippen LogP contribution in [0.25, 0.3) is 10.8 Å². The molecule has 6 rings (SSSR count). The molecule has 0 bridgehead atoms. The summed E-state index contributed by atoms with van der Waals surface area (Å²) in [4.78, 5) is 44.6. The molecule has 4 aromatic rings. The van der Waals surface area contributed by atoms with Crippen LogP contribution in [0.1, 0.15) is 33.0 Å². The summed E-state index contributed by atoms with van der Waals surface area (Å²) < 4.78 is 2.51. The Kier molecular flexibility index (Phi) is 3.78. The number of carbonyl (C=O) groups excluding carboxylic acids is 1. The van der Waals surface area contributed by atoms with Gasteiger partial charge in [0.1, 0.15) is 5.82 Å². The molecule has 1 aromatic heterocycles. The van der Waals surface area contributed by atoms with Crippen molar-refractivity contribution in [2.75, 3.05) is 0 Å². The molecule has 3 aromatic carbocycles. The van der Waals surface area contributed by atoms with Gasteiger partial charge in [-0.25, -0.2) is 9.79 Å². The average molecular weight is 421 g/mol. The molecule has 2 atom stereocenters. The van der Waals surface area contributed by atoms with E-state index >= 15 is 0 Å². The number of fused-ring (bicyclic) bond motifs is 5. The molecule has 0 unspecified atom stereocenters. The van der Waals surface area contributed by atoms with E-state index in [1.807, 2.05) is 60.7 Å². The number of benzene rings is 3. The fourth-order valence-electron chi connectivity index (χ4n) is 5.22. The highest BCUT2D eigenvalue weighted by Gasteiger charge is 2.48. The van der Waals surface area contributed by atoms with E-state index in [1.165, 1.54) is 11.6 Å². The summed E-state index contributed by atoms with van der Waals surface area (Å²) in [7, 11) is 3.09. The molecule has 6 nitrogen and oxygen atoms in total. The van der Waals surface area contributed by atoms with Gasteiger partial charge in [-0.05, 0) is 16.3 Å². The maximum absolute atomic E-state index is 13.7. The first-order chi connectivity index (χ1) is 15.5. The van der Waals surface area contributed by atoms with Gasteiger partial charge in [0.25, 0.3) is 5.56 Å². The third-order valence-corrected chi connectivity index (χ3v) is 6.74. The largest absolute Gasteiger partial charge is 0.332 e. The Morgan fingerprint density at radius 3 is 2.25 bits per heavy atom. The average Bonchev–Trinajstić information content (AvgIpc) is 3.12. The lowest BCUT2D eigenvalue weighted by atomic mass is 9.75. The van der Waals surface area contributed by atoms with Crippen LogP contribution in [0.4, 0.5) is 5.82 Å². The van der Waals surface area contributed by atoms with Crippen LogP contribution in [0.3, 0.4) is 0 Å². The predicted octanol–water partition coefficient (Wildman–Crippen LogP) is 3.32.